The van der Waals surface area contributed by atoms with Gasteiger partial charge in [0, 0.05) is 31.4 Å². The molecular weight excluding hydrogens is 247 g/mol. The molecule has 0 aromatic heterocycles. The molecule has 0 aromatic carbocycles. The highest BCUT2D eigenvalue weighted by Gasteiger charge is 2.07. The highest BCUT2D eigenvalue weighted by Crippen LogP contribution is 1.95. The summed E-state index contributed by atoms with van der Waals surface area (Å²) < 4.78 is 5.16. The maximum atomic E-state index is 5.55. The van der Waals surface area contributed by atoms with Crippen LogP contribution in [0.25, 0.3) is 0 Å². The van der Waals surface area contributed by atoms with E-state index >= 15 is 0 Å². The molecule has 16 heavy (non-hydrogen) atoms. The summed E-state index contributed by atoms with van der Waals surface area (Å²) in [5, 5.41) is 0. The van der Waals surface area contributed by atoms with Crippen molar-refractivity contribution in [2.24, 2.45) is 0 Å². The van der Waals surface area contributed by atoms with Gasteiger partial charge in [0.25, 0.3) is 0 Å². The Kier molecular flexibility index (Phi) is 12.3. The lowest BCUT2D eigenvalue weighted by Crippen LogP contribution is -2.37. The SMILES string of the molecule is CN(C)CCCCl.ClCCN1CCOCC1. The van der Waals surface area contributed by atoms with Gasteiger partial charge in [0.1, 0.15) is 0 Å². The number of hydrogen-bond donors (Lipinski definition) is 0. The summed E-state index contributed by atoms with van der Waals surface area (Å²) in [6.45, 7) is 5.95. The quantitative estimate of drug-likeness (QED) is 0.708. The summed E-state index contributed by atoms with van der Waals surface area (Å²) >= 11 is 11.0. The van der Waals surface area contributed by atoms with E-state index in [-0.39, 0.29) is 0 Å². The zero-order chi connectivity index (χ0) is 12.2. The van der Waals surface area contributed by atoms with Gasteiger partial charge in [0.05, 0.1) is 13.2 Å². The minimum atomic E-state index is 0.736. The Labute approximate surface area is 110 Å². The topological polar surface area (TPSA) is 15.7 Å². The van der Waals surface area contributed by atoms with Gasteiger partial charge >= 0.3 is 0 Å². The van der Waals surface area contributed by atoms with E-state index in [0.717, 1.165) is 57.6 Å². The molecule has 3 nitrogen and oxygen atoms in total. The number of rotatable bonds is 5. The monoisotopic (exact) mass is 270 g/mol. The van der Waals surface area contributed by atoms with E-state index in [4.69, 9.17) is 27.9 Å². The Morgan fingerprint density at radius 3 is 2.12 bits per heavy atom. The summed E-state index contributed by atoms with van der Waals surface area (Å²) in [4.78, 5) is 4.44. The van der Waals surface area contributed by atoms with Gasteiger partial charge in [-0.15, -0.1) is 23.2 Å². The van der Waals surface area contributed by atoms with Gasteiger partial charge < -0.3 is 9.64 Å². The number of alkyl halides is 2. The van der Waals surface area contributed by atoms with Gasteiger partial charge in [0.15, 0.2) is 0 Å². The van der Waals surface area contributed by atoms with Crippen molar-refractivity contribution in [2.45, 2.75) is 6.42 Å². The first-order valence-corrected chi connectivity index (χ1v) is 6.84. The third-order valence-electron chi connectivity index (χ3n) is 2.24. The van der Waals surface area contributed by atoms with E-state index < -0.39 is 0 Å². The van der Waals surface area contributed by atoms with Crippen molar-refractivity contribution >= 4 is 23.2 Å². The predicted octanol–water partition coefficient (Wildman–Crippen LogP) is 1.73. The van der Waals surface area contributed by atoms with Gasteiger partial charge in [0.2, 0.25) is 0 Å². The first-order valence-electron chi connectivity index (χ1n) is 5.77. The Balaban J connectivity index is 0.000000293. The van der Waals surface area contributed by atoms with Crippen LogP contribution >= 0.6 is 23.2 Å². The fraction of sp³-hybridized carbons (Fsp3) is 1.00. The molecule has 0 aliphatic carbocycles. The molecule has 1 aliphatic rings. The second-order valence-corrected chi connectivity index (χ2v) is 4.74. The van der Waals surface area contributed by atoms with Crippen molar-refractivity contribution in [3.05, 3.63) is 0 Å². The number of hydrogen-bond acceptors (Lipinski definition) is 3. The zero-order valence-corrected chi connectivity index (χ0v) is 11.9. The average Bonchev–Trinajstić information content (AvgIpc) is 2.29. The van der Waals surface area contributed by atoms with Crippen LogP contribution < -0.4 is 0 Å². The summed E-state index contributed by atoms with van der Waals surface area (Å²) in [5.74, 6) is 1.51. The smallest absolute Gasteiger partial charge is 0.0594 e. The Bertz CT molecular complexity index is 139. The van der Waals surface area contributed by atoms with Crippen LogP contribution in [-0.4, -0.2) is 75.0 Å². The average molecular weight is 271 g/mol. The molecule has 1 saturated heterocycles. The molecule has 98 valence electrons. The molecule has 0 spiro atoms. The van der Waals surface area contributed by atoms with Gasteiger partial charge in [-0.2, -0.15) is 0 Å². The standard InChI is InChI=1S/C6H12ClNO.C5H12ClN/c7-1-2-8-3-5-9-6-4-8;1-7(2)5-3-4-6/h1-6H2;3-5H2,1-2H3. The van der Waals surface area contributed by atoms with Crippen LogP contribution in [0, 0.1) is 0 Å². The van der Waals surface area contributed by atoms with Gasteiger partial charge in [-0.05, 0) is 27.1 Å². The molecule has 0 atom stereocenters. The molecule has 0 unspecified atom stereocenters. The fourth-order valence-corrected chi connectivity index (χ4v) is 1.68. The molecule has 1 heterocycles. The zero-order valence-electron chi connectivity index (χ0n) is 10.4. The van der Waals surface area contributed by atoms with E-state index in [1.54, 1.807) is 0 Å². The highest BCUT2D eigenvalue weighted by atomic mass is 35.5. The van der Waals surface area contributed by atoms with Crippen LogP contribution in [0.2, 0.25) is 0 Å². The minimum absolute atomic E-state index is 0.736. The molecule has 0 saturated carbocycles. The number of halogens is 2. The molecule has 0 bridgehead atoms. The van der Waals surface area contributed by atoms with Crippen LogP contribution in [0.4, 0.5) is 0 Å². The van der Waals surface area contributed by atoms with Crippen molar-refractivity contribution in [1.29, 1.82) is 0 Å². The van der Waals surface area contributed by atoms with Crippen LogP contribution in [0.5, 0.6) is 0 Å². The van der Waals surface area contributed by atoms with Gasteiger partial charge in [-0.25, -0.2) is 0 Å². The minimum Gasteiger partial charge on any atom is -0.379 e. The van der Waals surface area contributed by atoms with E-state index in [1.807, 2.05) is 14.1 Å². The third kappa shape index (κ3) is 11.0. The molecule has 0 aromatic rings. The summed E-state index contributed by atoms with van der Waals surface area (Å²) in [6, 6.07) is 0. The molecule has 1 aliphatic heterocycles. The highest BCUT2D eigenvalue weighted by molar-refractivity contribution is 6.18. The van der Waals surface area contributed by atoms with Crippen molar-refractivity contribution in [3.8, 4) is 0 Å². The van der Waals surface area contributed by atoms with E-state index in [9.17, 15) is 0 Å². The maximum absolute atomic E-state index is 5.55. The second kappa shape index (κ2) is 11.9. The molecular formula is C11H24Cl2N2O. The number of nitrogens with zero attached hydrogens (tertiary/aromatic N) is 2. The molecule has 0 radical (unpaired) electrons. The maximum Gasteiger partial charge on any atom is 0.0594 e. The van der Waals surface area contributed by atoms with Crippen LogP contribution in [0.3, 0.4) is 0 Å². The lowest BCUT2D eigenvalue weighted by atomic mass is 10.4. The second-order valence-electron chi connectivity index (χ2n) is 3.99. The van der Waals surface area contributed by atoms with Crippen molar-refractivity contribution < 1.29 is 4.74 Å². The van der Waals surface area contributed by atoms with Crippen LogP contribution in [-0.2, 0) is 4.74 Å². The summed E-state index contributed by atoms with van der Waals surface area (Å²) in [5.41, 5.74) is 0. The van der Waals surface area contributed by atoms with Crippen molar-refractivity contribution in [2.75, 3.05) is 65.2 Å². The number of morpholine rings is 1. The Hall–Kier alpha value is 0.460. The van der Waals surface area contributed by atoms with E-state index in [0.29, 0.717) is 0 Å². The van der Waals surface area contributed by atoms with Crippen molar-refractivity contribution in [3.63, 3.8) is 0 Å². The first-order chi connectivity index (χ1) is 7.70. The summed E-state index contributed by atoms with van der Waals surface area (Å²) in [6.07, 6.45) is 1.09. The summed E-state index contributed by atoms with van der Waals surface area (Å²) in [7, 11) is 4.10. The Morgan fingerprint density at radius 1 is 1.12 bits per heavy atom. The van der Waals surface area contributed by atoms with E-state index in [2.05, 4.69) is 9.80 Å². The Morgan fingerprint density at radius 2 is 1.75 bits per heavy atom. The molecule has 1 rings (SSSR count). The number of ether oxygens (including phenoxy) is 1. The molecule has 5 heteroatoms. The van der Waals surface area contributed by atoms with Crippen LogP contribution in [0.1, 0.15) is 6.42 Å². The fourth-order valence-electron chi connectivity index (χ4n) is 1.32. The molecule has 1 fully saturated rings. The normalized spacial score (nSPS) is 17.1. The third-order valence-corrected chi connectivity index (χ3v) is 2.68. The van der Waals surface area contributed by atoms with Crippen LogP contribution in [0.15, 0.2) is 0 Å². The van der Waals surface area contributed by atoms with Gasteiger partial charge in [-0.3, -0.25) is 4.90 Å². The predicted molar refractivity (Wildman–Crippen MR) is 71.9 cm³/mol. The first kappa shape index (κ1) is 16.5. The lowest BCUT2D eigenvalue weighted by molar-refractivity contribution is 0.0408. The van der Waals surface area contributed by atoms with E-state index in [1.165, 1.54) is 0 Å². The largest absolute Gasteiger partial charge is 0.379 e. The molecule has 0 amide bonds. The lowest BCUT2D eigenvalue weighted by Gasteiger charge is -2.25. The van der Waals surface area contributed by atoms with Gasteiger partial charge in [-0.1, -0.05) is 0 Å². The molecule has 0 N–H and O–H groups in total. The van der Waals surface area contributed by atoms with Crippen molar-refractivity contribution in [1.82, 2.24) is 9.80 Å².